The quantitative estimate of drug-likeness (QED) is 0.789. The second-order valence-corrected chi connectivity index (χ2v) is 5.14. The van der Waals surface area contributed by atoms with E-state index in [1.807, 2.05) is 18.4 Å². The molecule has 0 saturated heterocycles. The number of nitrogens with zero attached hydrogens (tertiary/aromatic N) is 2. The van der Waals surface area contributed by atoms with E-state index in [1.54, 1.807) is 23.5 Å². The lowest BCUT2D eigenvalue weighted by Gasteiger charge is -2.07. The van der Waals surface area contributed by atoms with E-state index < -0.39 is 0 Å². The van der Waals surface area contributed by atoms with Crippen molar-refractivity contribution in [1.29, 1.82) is 0 Å². The first-order valence-electron chi connectivity index (χ1n) is 5.92. The average Bonchev–Trinajstić information content (AvgIpc) is 2.81. The van der Waals surface area contributed by atoms with E-state index >= 15 is 0 Å². The number of halogens is 1. The SMILES string of the molecule is Cc1csc2c(NCc3ccccc3F)ncnc12. The first-order valence-corrected chi connectivity index (χ1v) is 6.80. The lowest BCUT2D eigenvalue weighted by molar-refractivity contribution is 0.613. The van der Waals surface area contributed by atoms with Crippen LogP contribution in [-0.2, 0) is 6.54 Å². The molecule has 0 bridgehead atoms. The van der Waals surface area contributed by atoms with Crippen molar-refractivity contribution in [2.45, 2.75) is 13.5 Å². The van der Waals surface area contributed by atoms with Crippen molar-refractivity contribution in [2.24, 2.45) is 0 Å². The molecule has 0 fully saturated rings. The van der Waals surface area contributed by atoms with Gasteiger partial charge in [0, 0.05) is 12.1 Å². The highest BCUT2D eigenvalue weighted by Gasteiger charge is 2.08. The Morgan fingerprint density at radius 3 is 2.95 bits per heavy atom. The number of aromatic nitrogens is 2. The van der Waals surface area contributed by atoms with E-state index in [1.165, 1.54) is 12.4 Å². The number of hydrogen-bond acceptors (Lipinski definition) is 4. The van der Waals surface area contributed by atoms with Gasteiger partial charge in [-0.05, 0) is 23.9 Å². The molecule has 96 valence electrons. The number of aryl methyl sites for hydroxylation is 1. The molecule has 0 aliphatic carbocycles. The van der Waals surface area contributed by atoms with Gasteiger partial charge in [-0.2, -0.15) is 0 Å². The smallest absolute Gasteiger partial charge is 0.147 e. The predicted molar refractivity (Wildman–Crippen MR) is 75.9 cm³/mol. The van der Waals surface area contributed by atoms with Gasteiger partial charge in [0.25, 0.3) is 0 Å². The molecular formula is C14H12FN3S. The lowest BCUT2D eigenvalue weighted by Crippen LogP contribution is -2.03. The number of rotatable bonds is 3. The van der Waals surface area contributed by atoms with Crippen molar-refractivity contribution in [2.75, 3.05) is 5.32 Å². The monoisotopic (exact) mass is 273 g/mol. The molecule has 0 saturated carbocycles. The summed E-state index contributed by atoms with van der Waals surface area (Å²) in [6.07, 6.45) is 1.53. The van der Waals surface area contributed by atoms with Gasteiger partial charge in [-0.15, -0.1) is 11.3 Å². The normalized spacial score (nSPS) is 10.8. The fourth-order valence-corrected chi connectivity index (χ4v) is 2.88. The van der Waals surface area contributed by atoms with Gasteiger partial charge in [-0.25, -0.2) is 14.4 Å². The topological polar surface area (TPSA) is 37.8 Å². The van der Waals surface area contributed by atoms with E-state index in [-0.39, 0.29) is 5.82 Å². The van der Waals surface area contributed by atoms with Gasteiger partial charge in [-0.1, -0.05) is 18.2 Å². The molecule has 0 aliphatic heterocycles. The Labute approximate surface area is 114 Å². The van der Waals surface area contributed by atoms with Crippen LogP contribution in [0, 0.1) is 12.7 Å². The molecule has 2 aromatic heterocycles. The molecule has 5 heteroatoms. The number of thiophene rings is 1. The third kappa shape index (κ3) is 2.29. The molecule has 0 unspecified atom stereocenters. The number of fused-ring (bicyclic) bond motifs is 1. The third-order valence-corrected chi connectivity index (χ3v) is 4.03. The fraction of sp³-hybridized carbons (Fsp3) is 0.143. The molecule has 3 rings (SSSR count). The van der Waals surface area contributed by atoms with E-state index in [9.17, 15) is 4.39 Å². The van der Waals surface area contributed by atoms with Crippen LogP contribution in [0.5, 0.6) is 0 Å². The molecular weight excluding hydrogens is 261 g/mol. The van der Waals surface area contributed by atoms with Crippen molar-refractivity contribution in [3.8, 4) is 0 Å². The van der Waals surface area contributed by atoms with Crippen LogP contribution in [0.4, 0.5) is 10.2 Å². The number of nitrogens with one attached hydrogen (secondary N) is 1. The standard InChI is InChI=1S/C14H12FN3S/c1-9-7-19-13-12(9)17-8-18-14(13)16-6-10-4-2-3-5-11(10)15/h2-5,7-8H,6H2,1H3,(H,16,17,18). The largest absolute Gasteiger partial charge is 0.365 e. The van der Waals surface area contributed by atoms with Crippen molar-refractivity contribution in [3.05, 3.63) is 52.9 Å². The van der Waals surface area contributed by atoms with Crippen LogP contribution in [0.25, 0.3) is 10.2 Å². The second kappa shape index (κ2) is 4.93. The number of hydrogen-bond donors (Lipinski definition) is 1. The maximum absolute atomic E-state index is 13.5. The zero-order valence-electron chi connectivity index (χ0n) is 10.4. The summed E-state index contributed by atoms with van der Waals surface area (Å²) in [7, 11) is 0. The van der Waals surface area contributed by atoms with Gasteiger partial charge in [-0.3, -0.25) is 0 Å². The van der Waals surface area contributed by atoms with Crippen molar-refractivity contribution in [1.82, 2.24) is 9.97 Å². The Hall–Kier alpha value is -2.01. The van der Waals surface area contributed by atoms with E-state index in [0.717, 1.165) is 21.6 Å². The highest BCUT2D eigenvalue weighted by Crippen LogP contribution is 2.28. The molecule has 0 radical (unpaired) electrons. The lowest BCUT2D eigenvalue weighted by atomic mass is 10.2. The fourth-order valence-electron chi connectivity index (χ4n) is 1.92. The molecule has 1 N–H and O–H groups in total. The molecule has 1 aromatic carbocycles. The van der Waals surface area contributed by atoms with Gasteiger partial charge in [0.1, 0.15) is 18.0 Å². The summed E-state index contributed by atoms with van der Waals surface area (Å²) in [5, 5.41) is 5.23. The highest BCUT2D eigenvalue weighted by atomic mass is 32.1. The maximum Gasteiger partial charge on any atom is 0.147 e. The minimum atomic E-state index is -0.206. The molecule has 3 aromatic rings. The van der Waals surface area contributed by atoms with Crippen molar-refractivity contribution >= 4 is 27.4 Å². The Morgan fingerprint density at radius 2 is 2.11 bits per heavy atom. The zero-order valence-corrected chi connectivity index (χ0v) is 11.2. The molecule has 0 aliphatic rings. The number of anilines is 1. The van der Waals surface area contributed by atoms with Crippen LogP contribution in [0.3, 0.4) is 0 Å². The van der Waals surface area contributed by atoms with E-state index in [2.05, 4.69) is 15.3 Å². The van der Waals surface area contributed by atoms with Crippen molar-refractivity contribution < 1.29 is 4.39 Å². The van der Waals surface area contributed by atoms with Crippen LogP contribution >= 0.6 is 11.3 Å². The minimum absolute atomic E-state index is 0.206. The molecule has 3 nitrogen and oxygen atoms in total. The summed E-state index contributed by atoms with van der Waals surface area (Å²) in [5.74, 6) is 0.550. The Bertz CT molecular complexity index is 724. The predicted octanol–water partition coefficient (Wildman–Crippen LogP) is 3.75. The zero-order chi connectivity index (χ0) is 13.2. The second-order valence-electron chi connectivity index (χ2n) is 4.26. The van der Waals surface area contributed by atoms with Gasteiger partial charge in [0.05, 0.1) is 10.2 Å². The molecule has 0 amide bonds. The Balaban J connectivity index is 1.88. The summed E-state index contributed by atoms with van der Waals surface area (Å²) >= 11 is 1.60. The molecule has 19 heavy (non-hydrogen) atoms. The van der Waals surface area contributed by atoms with Crippen LogP contribution in [0.15, 0.2) is 36.0 Å². The molecule has 0 atom stereocenters. The third-order valence-electron chi connectivity index (χ3n) is 2.94. The van der Waals surface area contributed by atoms with Crippen LogP contribution in [0.1, 0.15) is 11.1 Å². The van der Waals surface area contributed by atoms with Crippen LogP contribution in [0.2, 0.25) is 0 Å². The summed E-state index contributed by atoms with van der Waals surface area (Å²) in [6.45, 7) is 2.43. The average molecular weight is 273 g/mol. The Morgan fingerprint density at radius 1 is 1.26 bits per heavy atom. The highest BCUT2D eigenvalue weighted by molar-refractivity contribution is 7.18. The first-order chi connectivity index (χ1) is 9.25. The van der Waals surface area contributed by atoms with Crippen LogP contribution in [-0.4, -0.2) is 9.97 Å². The molecule has 2 heterocycles. The molecule has 0 spiro atoms. The van der Waals surface area contributed by atoms with Crippen molar-refractivity contribution in [3.63, 3.8) is 0 Å². The van der Waals surface area contributed by atoms with E-state index in [0.29, 0.717) is 12.1 Å². The van der Waals surface area contributed by atoms with E-state index in [4.69, 9.17) is 0 Å². The van der Waals surface area contributed by atoms with Gasteiger partial charge < -0.3 is 5.32 Å². The van der Waals surface area contributed by atoms with Gasteiger partial charge in [0.2, 0.25) is 0 Å². The minimum Gasteiger partial charge on any atom is -0.365 e. The summed E-state index contributed by atoms with van der Waals surface area (Å²) in [6, 6.07) is 6.73. The summed E-state index contributed by atoms with van der Waals surface area (Å²) in [4.78, 5) is 8.49. The Kier molecular flexibility index (Phi) is 3.13. The van der Waals surface area contributed by atoms with Gasteiger partial charge in [0.15, 0.2) is 0 Å². The summed E-state index contributed by atoms with van der Waals surface area (Å²) in [5.41, 5.74) is 2.72. The first kappa shape index (κ1) is 12.0. The summed E-state index contributed by atoms with van der Waals surface area (Å²) < 4.78 is 14.6. The maximum atomic E-state index is 13.5. The van der Waals surface area contributed by atoms with Gasteiger partial charge >= 0.3 is 0 Å². The number of benzene rings is 1. The van der Waals surface area contributed by atoms with Crippen LogP contribution < -0.4 is 5.32 Å².